The number of benzene rings is 3. The number of amides is 1. The van der Waals surface area contributed by atoms with Gasteiger partial charge in [0.05, 0.1) is 11.4 Å². The van der Waals surface area contributed by atoms with E-state index in [0.717, 1.165) is 39.8 Å². The molecule has 6 rings (SSSR count). The van der Waals surface area contributed by atoms with Gasteiger partial charge in [-0.2, -0.15) is 0 Å². The summed E-state index contributed by atoms with van der Waals surface area (Å²) < 4.78 is 13.0. The highest BCUT2D eigenvalue weighted by Crippen LogP contribution is 2.47. The third-order valence-corrected chi connectivity index (χ3v) is 7.72. The molecule has 0 radical (unpaired) electrons. The van der Waals surface area contributed by atoms with Crippen molar-refractivity contribution >= 4 is 41.3 Å². The number of anilines is 2. The van der Waals surface area contributed by atoms with E-state index in [-0.39, 0.29) is 23.9 Å². The van der Waals surface area contributed by atoms with Crippen LogP contribution in [0.4, 0.5) is 11.4 Å². The van der Waals surface area contributed by atoms with Crippen LogP contribution in [-0.4, -0.2) is 15.7 Å². The van der Waals surface area contributed by atoms with E-state index in [1.165, 1.54) is 28.7 Å². The fraction of sp³-hybridized carbons (Fsp3) is 0.222. The van der Waals surface area contributed by atoms with Crippen LogP contribution in [0.2, 0.25) is 0 Å². The molecule has 0 saturated carbocycles. The maximum Gasteiger partial charge on any atom is 0.287 e. The highest BCUT2D eigenvalue weighted by molar-refractivity contribution is 7.99. The molecule has 0 bridgehead atoms. The summed E-state index contributed by atoms with van der Waals surface area (Å²) in [4.78, 5) is 17.5. The lowest BCUT2D eigenvalue weighted by Crippen LogP contribution is -2.32. The molecule has 0 fully saturated rings. The van der Waals surface area contributed by atoms with Crippen molar-refractivity contribution in [1.82, 2.24) is 9.78 Å². The first-order valence-electron chi connectivity index (χ1n) is 11.7. The molecule has 1 aliphatic carbocycles. The first-order valence-corrected chi connectivity index (χ1v) is 12.9. The highest BCUT2D eigenvalue weighted by atomic mass is 32.2. The van der Waals surface area contributed by atoms with E-state index in [2.05, 4.69) is 17.2 Å². The van der Waals surface area contributed by atoms with Gasteiger partial charge >= 0.3 is 0 Å². The Morgan fingerprint density at radius 2 is 1.66 bits per heavy atom. The van der Waals surface area contributed by atoms with Crippen LogP contribution >= 0.6 is 24.0 Å². The van der Waals surface area contributed by atoms with Crippen molar-refractivity contribution in [3.05, 3.63) is 88.6 Å². The molecule has 8 heteroatoms. The summed E-state index contributed by atoms with van der Waals surface area (Å²) in [5.74, 6) is 0.990. The summed E-state index contributed by atoms with van der Waals surface area (Å²) >= 11 is 7.02. The fourth-order valence-electron chi connectivity index (χ4n) is 4.62. The Morgan fingerprint density at radius 1 is 0.971 bits per heavy atom. The normalized spacial score (nSPS) is 14.1. The van der Waals surface area contributed by atoms with Crippen LogP contribution in [0.15, 0.2) is 80.9 Å². The molecule has 2 heterocycles. The molecule has 0 atom stereocenters. The lowest BCUT2D eigenvalue weighted by molar-refractivity contribution is -0.118. The molecule has 3 aromatic carbocycles. The van der Waals surface area contributed by atoms with E-state index in [1.54, 1.807) is 16.7 Å². The minimum absolute atomic E-state index is 0.0332. The molecule has 1 aromatic heterocycles. The summed E-state index contributed by atoms with van der Waals surface area (Å²) in [6.45, 7) is 0.115. The van der Waals surface area contributed by atoms with Gasteiger partial charge in [0.2, 0.25) is 0 Å². The van der Waals surface area contributed by atoms with Gasteiger partial charge in [-0.15, -0.1) is 5.10 Å². The first kappa shape index (κ1) is 22.1. The molecule has 0 N–H and O–H groups in total. The molecule has 0 saturated heterocycles. The van der Waals surface area contributed by atoms with E-state index < -0.39 is 0 Å². The van der Waals surface area contributed by atoms with Gasteiger partial charge in [-0.1, -0.05) is 42.1 Å². The Labute approximate surface area is 212 Å². The maximum atomic E-state index is 13.5. The van der Waals surface area contributed by atoms with Gasteiger partial charge in [0.1, 0.15) is 12.3 Å². The van der Waals surface area contributed by atoms with Crippen molar-refractivity contribution in [2.75, 3.05) is 4.90 Å². The molecular formula is C27H23N3O3S2. The molecule has 0 spiro atoms. The number of ether oxygens (including phenoxy) is 1. The summed E-state index contributed by atoms with van der Waals surface area (Å²) in [5.41, 5.74) is 4.47. The average Bonchev–Trinajstić information content (AvgIpc) is 3.24. The molecule has 6 nitrogen and oxygen atoms in total. The zero-order valence-corrected chi connectivity index (χ0v) is 20.6. The second kappa shape index (κ2) is 9.36. The molecule has 1 amide bonds. The molecular weight excluding hydrogens is 478 g/mol. The van der Waals surface area contributed by atoms with E-state index in [1.807, 2.05) is 54.6 Å². The zero-order valence-electron chi connectivity index (χ0n) is 19.0. The lowest BCUT2D eigenvalue weighted by atomic mass is 9.92. The van der Waals surface area contributed by atoms with Crippen LogP contribution in [0, 0.1) is 4.84 Å². The smallest absolute Gasteiger partial charge is 0.287 e. The highest BCUT2D eigenvalue weighted by Gasteiger charge is 2.28. The number of aromatic nitrogens is 2. The van der Waals surface area contributed by atoms with Crippen molar-refractivity contribution in [3.63, 3.8) is 0 Å². The predicted octanol–water partition coefficient (Wildman–Crippen LogP) is 6.49. The minimum Gasteiger partial charge on any atom is -0.484 e. The molecule has 0 unspecified atom stereocenters. The van der Waals surface area contributed by atoms with Crippen LogP contribution in [-0.2, 0) is 30.8 Å². The quantitative estimate of drug-likeness (QED) is 0.291. The second-order valence-electron chi connectivity index (χ2n) is 8.61. The Bertz CT molecular complexity index is 1430. The fourth-order valence-corrected chi connectivity index (χ4v) is 5.88. The van der Waals surface area contributed by atoms with Crippen molar-refractivity contribution in [3.8, 4) is 5.75 Å². The van der Waals surface area contributed by atoms with Gasteiger partial charge < -0.3 is 9.15 Å². The van der Waals surface area contributed by atoms with Gasteiger partial charge in [-0.05, 0) is 85.4 Å². The zero-order chi connectivity index (χ0) is 23.8. The largest absolute Gasteiger partial charge is 0.484 e. The van der Waals surface area contributed by atoms with E-state index in [9.17, 15) is 4.79 Å². The number of fused-ring (bicyclic) bond motifs is 3. The minimum atomic E-state index is -0.142. The Balaban J connectivity index is 1.20. The van der Waals surface area contributed by atoms with Gasteiger partial charge in [0, 0.05) is 9.79 Å². The monoisotopic (exact) mass is 501 g/mol. The van der Waals surface area contributed by atoms with Gasteiger partial charge in [-0.25, -0.2) is 4.68 Å². The Kier molecular flexibility index (Phi) is 5.91. The van der Waals surface area contributed by atoms with Crippen LogP contribution in [0.1, 0.15) is 29.9 Å². The number of para-hydroxylation sites is 2. The van der Waals surface area contributed by atoms with Crippen molar-refractivity contribution in [2.24, 2.45) is 0 Å². The number of carbonyl (C=O) groups excluding carboxylic acids is 1. The maximum absolute atomic E-state index is 13.5. The topological polar surface area (TPSA) is 60.5 Å². The van der Waals surface area contributed by atoms with Gasteiger partial charge in [-0.3, -0.25) is 9.69 Å². The summed E-state index contributed by atoms with van der Waals surface area (Å²) in [7, 11) is 0. The van der Waals surface area contributed by atoms with E-state index in [0.29, 0.717) is 5.89 Å². The molecule has 1 aliphatic heterocycles. The van der Waals surface area contributed by atoms with Crippen LogP contribution in [0.25, 0.3) is 0 Å². The molecule has 2 aliphatic rings. The predicted molar refractivity (Wildman–Crippen MR) is 137 cm³/mol. The molecule has 176 valence electrons. The van der Waals surface area contributed by atoms with Gasteiger partial charge in [0.15, 0.2) is 6.61 Å². The van der Waals surface area contributed by atoms with E-state index in [4.69, 9.17) is 21.4 Å². The van der Waals surface area contributed by atoms with E-state index >= 15 is 0 Å². The molecule has 4 aromatic rings. The van der Waals surface area contributed by atoms with Crippen LogP contribution in [0.5, 0.6) is 5.75 Å². The lowest BCUT2D eigenvalue weighted by Gasteiger charge is -2.30. The number of hydrogen-bond donors (Lipinski definition) is 0. The summed E-state index contributed by atoms with van der Waals surface area (Å²) in [6.07, 6.45) is 4.68. The summed E-state index contributed by atoms with van der Waals surface area (Å²) in [6, 6.07) is 22.0. The molecule has 35 heavy (non-hydrogen) atoms. The standard InChI is InChI=1S/C27H23N3O3S2/c31-26(30-21-9-3-5-11-23(21)35-24-12-6-4-10-22(24)30)16-29-27(34)33-25(28-29)17-32-20-14-13-18-7-1-2-8-19(18)15-20/h3-6,9-15H,1-2,7-8,16-17H2. The number of hydrogen-bond acceptors (Lipinski definition) is 6. The van der Waals surface area contributed by atoms with Crippen LogP contribution in [0.3, 0.4) is 0 Å². The number of aryl methyl sites for hydroxylation is 2. The first-order chi connectivity index (χ1) is 17.2. The average molecular weight is 502 g/mol. The second-order valence-corrected chi connectivity index (χ2v) is 10.0. The third kappa shape index (κ3) is 4.39. The Hall–Kier alpha value is -3.36. The summed E-state index contributed by atoms with van der Waals surface area (Å²) in [5, 5.41) is 4.43. The number of rotatable bonds is 5. The SMILES string of the molecule is O=C(Cn1nc(COc2ccc3c(c2)CCCC3)oc1=S)N1c2ccccc2Sc2ccccc21. The third-order valence-electron chi connectivity index (χ3n) is 6.30. The van der Waals surface area contributed by atoms with Crippen molar-refractivity contribution < 1.29 is 13.9 Å². The van der Waals surface area contributed by atoms with Crippen LogP contribution < -0.4 is 9.64 Å². The number of nitrogens with zero attached hydrogens (tertiary/aromatic N) is 3. The van der Waals surface area contributed by atoms with Crippen molar-refractivity contribution in [1.29, 1.82) is 0 Å². The number of carbonyl (C=O) groups is 1. The van der Waals surface area contributed by atoms with Gasteiger partial charge in [0.25, 0.3) is 16.6 Å². The van der Waals surface area contributed by atoms with Crippen molar-refractivity contribution in [2.45, 2.75) is 48.6 Å². The Morgan fingerprint density at radius 3 is 2.40 bits per heavy atom.